The fourth-order valence-corrected chi connectivity index (χ4v) is 6.40. The van der Waals surface area contributed by atoms with Crippen molar-refractivity contribution in [2.24, 2.45) is 0 Å². The molecule has 5 N–H and O–H groups in total. The van der Waals surface area contributed by atoms with Crippen molar-refractivity contribution in [1.29, 1.82) is 0 Å². The molecular formula is C28H35N6O9P. The standard InChI is InChI=1S/C28H35N6O9P/c1-5-13-40-25(36)16(2)33-44(38,43-19-12-8-10-17-9-6-7-11-18(17)19)41-14-20-22(35)28(3,37)26(42-20)34-15-30-21-23(34)31-27(29)32-24(21)39-4/h6-12,15-16,20,22,26,35,37H,5,13-14H2,1-4H3,(H,33,38)(H2,29,31,32)/t16-,20+,22+,26?,28+,44?/m0/s1. The summed E-state index contributed by atoms with van der Waals surface area (Å²) in [5.74, 6) is -0.394. The molecule has 2 aromatic carbocycles. The third kappa shape index (κ3) is 6.20. The molecule has 5 rings (SSSR count). The lowest BCUT2D eigenvalue weighted by atomic mass is 9.96. The first-order valence-electron chi connectivity index (χ1n) is 13.9. The van der Waals surface area contributed by atoms with E-state index in [1.165, 1.54) is 31.9 Å². The number of nitrogen functional groups attached to an aromatic ring is 1. The molecule has 0 saturated carbocycles. The highest BCUT2D eigenvalue weighted by Gasteiger charge is 2.54. The highest BCUT2D eigenvalue weighted by atomic mass is 31.2. The number of nitrogens with zero attached hydrogens (tertiary/aromatic N) is 4. The van der Waals surface area contributed by atoms with Crippen LogP contribution in [0.2, 0.25) is 0 Å². The Morgan fingerprint density at radius 3 is 2.75 bits per heavy atom. The molecule has 2 aromatic heterocycles. The summed E-state index contributed by atoms with van der Waals surface area (Å²) in [5, 5.41) is 26.6. The molecule has 0 amide bonds. The lowest BCUT2D eigenvalue weighted by Gasteiger charge is -2.27. The summed E-state index contributed by atoms with van der Waals surface area (Å²) >= 11 is 0. The van der Waals surface area contributed by atoms with Crippen molar-refractivity contribution in [3.05, 3.63) is 48.8 Å². The molecule has 1 fully saturated rings. The van der Waals surface area contributed by atoms with Crippen LogP contribution in [0.3, 0.4) is 0 Å². The summed E-state index contributed by atoms with van der Waals surface area (Å²) in [6.07, 6.45) is -2.00. The minimum absolute atomic E-state index is 0.0987. The number of nitrogens with two attached hydrogens (primary N) is 1. The van der Waals surface area contributed by atoms with Gasteiger partial charge in [0.25, 0.3) is 0 Å². The predicted octanol–water partition coefficient (Wildman–Crippen LogP) is 2.71. The number of fused-ring (bicyclic) bond motifs is 2. The van der Waals surface area contributed by atoms with Crippen LogP contribution in [-0.2, 0) is 23.4 Å². The number of hydrogen-bond acceptors (Lipinski definition) is 13. The van der Waals surface area contributed by atoms with E-state index in [4.69, 9.17) is 29.0 Å². The fraction of sp³-hybridized carbons (Fsp3) is 0.429. The normalized spacial score (nSPS) is 23.8. The van der Waals surface area contributed by atoms with E-state index in [0.29, 0.717) is 11.8 Å². The molecule has 3 heterocycles. The van der Waals surface area contributed by atoms with E-state index in [9.17, 15) is 19.6 Å². The van der Waals surface area contributed by atoms with Crippen LogP contribution < -0.4 is 20.1 Å². The minimum atomic E-state index is -4.34. The Balaban J connectivity index is 1.41. The molecule has 6 atom stereocenters. The van der Waals surface area contributed by atoms with Crippen LogP contribution in [0, 0.1) is 0 Å². The maximum Gasteiger partial charge on any atom is 0.459 e. The Bertz CT molecular complexity index is 1690. The van der Waals surface area contributed by atoms with Crippen LogP contribution in [0.1, 0.15) is 33.4 Å². The number of esters is 1. The molecule has 2 unspecified atom stereocenters. The Kier molecular flexibility index (Phi) is 9.07. The van der Waals surface area contributed by atoms with Crippen molar-refractivity contribution < 1.29 is 42.8 Å². The Labute approximate surface area is 252 Å². The Hall–Kier alpha value is -3.85. The summed E-state index contributed by atoms with van der Waals surface area (Å²) in [6, 6.07) is 11.5. The highest BCUT2D eigenvalue weighted by Crippen LogP contribution is 2.48. The highest BCUT2D eigenvalue weighted by molar-refractivity contribution is 7.52. The first-order chi connectivity index (χ1) is 21.0. The number of aromatic nitrogens is 4. The summed E-state index contributed by atoms with van der Waals surface area (Å²) < 4.78 is 43.8. The van der Waals surface area contributed by atoms with Crippen molar-refractivity contribution in [3.8, 4) is 11.6 Å². The maximum atomic E-state index is 14.2. The molecule has 0 radical (unpaired) electrons. The van der Waals surface area contributed by atoms with Gasteiger partial charge in [-0.3, -0.25) is 13.9 Å². The zero-order chi connectivity index (χ0) is 31.6. The average molecular weight is 631 g/mol. The number of carbonyl (C=O) groups is 1. The van der Waals surface area contributed by atoms with Gasteiger partial charge in [-0.05, 0) is 31.7 Å². The fourth-order valence-electron chi connectivity index (χ4n) is 4.88. The summed E-state index contributed by atoms with van der Waals surface area (Å²) in [7, 11) is -2.94. The van der Waals surface area contributed by atoms with Crippen LogP contribution in [0.25, 0.3) is 21.9 Å². The number of nitrogens with one attached hydrogen (secondary N) is 1. The van der Waals surface area contributed by atoms with E-state index >= 15 is 0 Å². The molecule has 0 spiro atoms. The third-order valence-corrected chi connectivity index (χ3v) is 8.77. The second-order valence-corrected chi connectivity index (χ2v) is 12.2. The van der Waals surface area contributed by atoms with Gasteiger partial charge in [0.15, 0.2) is 17.4 Å². The number of anilines is 1. The quantitative estimate of drug-likeness (QED) is 0.131. The molecule has 1 saturated heterocycles. The largest absolute Gasteiger partial charge is 0.479 e. The van der Waals surface area contributed by atoms with Gasteiger partial charge in [0.1, 0.15) is 29.6 Å². The van der Waals surface area contributed by atoms with Crippen LogP contribution in [-0.4, -0.2) is 79.9 Å². The van der Waals surface area contributed by atoms with Gasteiger partial charge in [-0.15, -0.1) is 0 Å². The Morgan fingerprint density at radius 1 is 1.25 bits per heavy atom. The lowest BCUT2D eigenvalue weighted by Crippen LogP contribution is -2.44. The second-order valence-electron chi connectivity index (χ2n) is 10.5. The number of benzene rings is 2. The number of hydrogen-bond donors (Lipinski definition) is 4. The summed E-state index contributed by atoms with van der Waals surface area (Å²) in [4.78, 5) is 25.0. The van der Waals surface area contributed by atoms with Crippen molar-refractivity contribution in [1.82, 2.24) is 24.6 Å². The van der Waals surface area contributed by atoms with E-state index in [1.807, 2.05) is 25.1 Å². The topological polar surface area (TPSA) is 202 Å². The van der Waals surface area contributed by atoms with E-state index in [1.54, 1.807) is 24.3 Å². The van der Waals surface area contributed by atoms with Gasteiger partial charge in [-0.2, -0.15) is 15.1 Å². The molecule has 1 aliphatic heterocycles. The summed E-state index contributed by atoms with van der Waals surface area (Å²) in [5.41, 5.74) is 4.39. The SMILES string of the molecule is CCCOC(=O)[C@H](C)NP(=O)(OC[C@H]1OC(n2cnc3c(OC)nc(N)nc32)[C@](C)(O)[C@@H]1O)Oc1cccc2ccccc12. The number of carbonyl (C=O) groups excluding carboxylic acids is 1. The molecule has 4 aromatic rings. The molecule has 15 nitrogen and oxygen atoms in total. The van der Waals surface area contributed by atoms with Crippen molar-refractivity contribution in [2.75, 3.05) is 26.1 Å². The van der Waals surface area contributed by atoms with E-state index in [-0.39, 0.29) is 35.3 Å². The van der Waals surface area contributed by atoms with E-state index < -0.39 is 50.4 Å². The van der Waals surface area contributed by atoms with Crippen LogP contribution in [0.15, 0.2) is 48.8 Å². The molecule has 16 heteroatoms. The van der Waals surface area contributed by atoms with Crippen molar-refractivity contribution in [3.63, 3.8) is 0 Å². The van der Waals surface area contributed by atoms with Crippen molar-refractivity contribution in [2.45, 2.75) is 57.3 Å². The van der Waals surface area contributed by atoms with Crippen LogP contribution in [0.5, 0.6) is 11.6 Å². The molecule has 0 bridgehead atoms. The van der Waals surface area contributed by atoms with Gasteiger partial charge < -0.3 is 34.7 Å². The van der Waals surface area contributed by atoms with Gasteiger partial charge in [-0.1, -0.05) is 43.3 Å². The first kappa shape index (κ1) is 31.6. The monoisotopic (exact) mass is 630 g/mol. The zero-order valence-corrected chi connectivity index (χ0v) is 25.5. The number of methoxy groups -OCH3 is 1. The molecule has 0 aliphatic carbocycles. The van der Waals surface area contributed by atoms with Gasteiger partial charge in [0, 0.05) is 5.39 Å². The summed E-state index contributed by atoms with van der Waals surface area (Å²) in [6.45, 7) is 4.36. The second kappa shape index (κ2) is 12.6. The van der Waals surface area contributed by atoms with E-state index in [2.05, 4.69) is 20.0 Å². The van der Waals surface area contributed by atoms with Gasteiger partial charge in [0.2, 0.25) is 11.8 Å². The van der Waals surface area contributed by atoms with Crippen LogP contribution >= 0.6 is 7.75 Å². The van der Waals surface area contributed by atoms with E-state index in [0.717, 1.165) is 5.39 Å². The first-order valence-corrected chi connectivity index (χ1v) is 15.5. The molecule has 236 valence electrons. The number of rotatable bonds is 12. The van der Waals surface area contributed by atoms with Gasteiger partial charge in [0.05, 0.1) is 26.7 Å². The molecular weight excluding hydrogens is 595 g/mol. The zero-order valence-electron chi connectivity index (χ0n) is 24.6. The Morgan fingerprint density at radius 2 is 2.00 bits per heavy atom. The average Bonchev–Trinajstić information content (AvgIpc) is 3.51. The number of imidazole rings is 1. The minimum Gasteiger partial charge on any atom is -0.479 e. The number of ether oxygens (including phenoxy) is 3. The predicted molar refractivity (Wildman–Crippen MR) is 159 cm³/mol. The molecule has 44 heavy (non-hydrogen) atoms. The van der Waals surface area contributed by atoms with Gasteiger partial charge in [-0.25, -0.2) is 9.55 Å². The number of aliphatic hydroxyl groups excluding tert-OH is 1. The smallest absolute Gasteiger partial charge is 0.459 e. The molecule has 1 aliphatic rings. The maximum absolute atomic E-state index is 14.2. The van der Waals surface area contributed by atoms with Crippen LogP contribution in [0.4, 0.5) is 5.95 Å². The lowest BCUT2D eigenvalue weighted by molar-refractivity contribution is -0.145. The van der Waals surface area contributed by atoms with Crippen molar-refractivity contribution >= 4 is 41.6 Å². The van der Waals surface area contributed by atoms with Gasteiger partial charge >= 0.3 is 13.7 Å². The third-order valence-electron chi connectivity index (χ3n) is 7.14. The number of aliphatic hydroxyl groups is 2.